The van der Waals surface area contributed by atoms with Crippen LogP contribution in [0.5, 0.6) is 0 Å². The quantitative estimate of drug-likeness (QED) is 0.742. The maximum atomic E-state index is 5.72. The van der Waals surface area contributed by atoms with Gasteiger partial charge in [0.2, 0.25) is 0 Å². The molecule has 0 amide bonds. The molecule has 0 atom stereocenters. The van der Waals surface area contributed by atoms with Gasteiger partial charge in [0.15, 0.2) is 0 Å². The van der Waals surface area contributed by atoms with E-state index in [1.54, 1.807) is 4.68 Å². The standard InChI is InChI=1S/C9H13N5/c1-3-6-8(11-12-9(6)10)7-4-5-14(2)13-7/h4-5H,3H2,1-2H3,(H3,10,11,12). The Kier molecular flexibility index (Phi) is 1.99. The van der Waals surface area contributed by atoms with Gasteiger partial charge in [-0.3, -0.25) is 9.78 Å². The van der Waals surface area contributed by atoms with Crippen LogP contribution >= 0.6 is 0 Å². The molecule has 0 bridgehead atoms. The molecule has 0 radical (unpaired) electrons. The molecule has 5 heteroatoms. The molecule has 2 aromatic rings. The van der Waals surface area contributed by atoms with Crippen LogP contribution < -0.4 is 5.73 Å². The van der Waals surface area contributed by atoms with Gasteiger partial charge in [-0.25, -0.2) is 0 Å². The molecular weight excluding hydrogens is 178 g/mol. The van der Waals surface area contributed by atoms with E-state index in [1.807, 2.05) is 26.2 Å². The minimum atomic E-state index is 0.563. The van der Waals surface area contributed by atoms with Crippen molar-refractivity contribution in [3.8, 4) is 11.4 Å². The molecule has 14 heavy (non-hydrogen) atoms. The van der Waals surface area contributed by atoms with E-state index in [-0.39, 0.29) is 0 Å². The summed E-state index contributed by atoms with van der Waals surface area (Å²) in [6.45, 7) is 2.05. The van der Waals surface area contributed by atoms with Crippen LogP contribution in [0, 0.1) is 0 Å². The summed E-state index contributed by atoms with van der Waals surface area (Å²) in [5, 5.41) is 11.2. The molecule has 2 rings (SSSR count). The van der Waals surface area contributed by atoms with E-state index in [9.17, 15) is 0 Å². The van der Waals surface area contributed by atoms with E-state index in [0.717, 1.165) is 23.4 Å². The van der Waals surface area contributed by atoms with Crippen LogP contribution in [0.4, 0.5) is 5.82 Å². The van der Waals surface area contributed by atoms with Crippen molar-refractivity contribution in [1.29, 1.82) is 0 Å². The topological polar surface area (TPSA) is 72.5 Å². The van der Waals surface area contributed by atoms with Crippen molar-refractivity contribution in [2.24, 2.45) is 7.05 Å². The second-order valence-electron chi connectivity index (χ2n) is 3.19. The number of aromatic amines is 1. The van der Waals surface area contributed by atoms with Crippen LogP contribution in [0.15, 0.2) is 12.3 Å². The normalized spacial score (nSPS) is 10.7. The fourth-order valence-corrected chi connectivity index (χ4v) is 1.50. The van der Waals surface area contributed by atoms with Crippen LogP contribution in [0.2, 0.25) is 0 Å². The summed E-state index contributed by atoms with van der Waals surface area (Å²) >= 11 is 0. The second kappa shape index (κ2) is 3.17. The van der Waals surface area contributed by atoms with E-state index in [4.69, 9.17) is 5.73 Å². The Bertz CT molecular complexity index is 440. The molecule has 0 aliphatic heterocycles. The molecular formula is C9H13N5. The highest BCUT2D eigenvalue weighted by atomic mass is 15.3. The number of aromatic nitrogens is 4. The summed E-state index contributed by atoms with van der Waals surface area (Å²) in [5.74, 6) is 0.563. The fraction of sp³-hybridized carbons (Fsp3) is 0.333. The summed E-state index contributed by atoms with van der Waals surface area (Å²) in [7, 11) is 1.88. The Labute approximate surface area is 81.9 Å². The van der Waals surface area contributed by atoms with Gasteiger partial charge < -0.3 is 5.73 Å². The molecule has 0 aliphatic carbocycles. The predicted octanol–water partition coefficient (Wildman–Crippen LogP) is 0.955. The Hall–Kier alpha value is -1.78. The molecule has 0 fully saturated rings. The summed E-state index contributed by atoms with van der Waals surface area (Å²) in [6, 6.07) is 1.94. The summed E-state index contributed by atoms with van der Waals surface area (Å²) in [5.41, 5.74) is 8.56. The van der Waals surface area contributed by atoms with Crippen molar-refractivity contribution in [1.82, 2.24) is 20.0 Å². The molecule has 3 N–H and O–H groups in total. The van der Waals surface area contributed by atoms with Crippen molar-refractivity contribution >= 4 is 5.82 Å². The zero-order valence-corrected chi connectivity index (χ0v) is 8.28. The first-order valence-corrected chi connectivity index (χ1v) is 4.55. The van der Waals surface area contributed by atoms with E-state index in [1.165, 1.54) is 0 Å². The first-order chi connectivity index (χ1) is 6.72. The lowest BCUT2D eigenvalue weighted by Gasteiger charge is -1.96. The zero-order valence-electron chi connectivity index (χ0n) is 8.28. The first kappa shape index (κ1) is 8.80. The number of aryl methyl sites for hydroxylation is 1. The van der Waals surface area contributed by atoms with E-state index >= 15 is 0 Å². The number of anilines is 1. The maximum absolute atomic E-state index is 5.72. The Morgan fingerprint density at radius 1 is 1.57 bits per heavy atom. The van der Waals surface area contributed by atoms with Crippen molar-refractivity contribution in [3.63, 3.8) is 0 Å². The maximum Gasteiger partial charge on any atom is 0.149 e. The predicted molar refractivity (Wildman–Crippen MR) is 54.6 cm³/mol. The molecule has 0 spiro atoms. The lowest BCUT2D eigenvalue weighted by atomic mass is 10.1. The van der Waals surface area contributed by atoms with Gasteiger partial charge in [-0.1, -0.05) is 6.92 Å². The van der Waals surface area contributed by atoms with Gasteiger partial charge in [-0.05, 0) is 12.5 Å². The average Bonchev–Trinajstić information content (AvgIpc) is 2.71. The molecule has 5 nitrogen and oxygen atoms in total. The number of hydrogen-bond acceptors (Lipinski definition) is 3. The van der Waals surface area contributed by atoms with Crippen LogP contribution in [0.3, 0.4) is 0 Å². The van der Waals surface area contributed by atoms with Crippen LogP contribution in [-0.4, -0.2) is 20.0 Å². The first-order valence-electron chi connectivity index (χ1n) is 4.55. The summed E-state index contributed by atoms with van der Waals surface area (Å²) < 4.78 is 1.76. The van der Waals surface area contributed by atoms with Gasteiger partial charge in [0.05, 0.1) is 5.69 Å². The van der Waals surface area contributed by atoms with Gasteiger partial charge in [0.1, 0.15) is 11.5 Å². The third-order valence-corrected chi connectivity index (χ3v) is 2.22. The fourth-order valence-electron chi connectivity index (χ4n) is 1.50. The van der Waals surface area contributed by atoms with Crippen LogP contribution in [-0.2, 0) is 13.5 Å². The molecule has 0 unspecified atom stereocenters. The van der Waals surface area contributed by atoms with Crippen LogP contribution in [0.25, 0.3) is 11.4 Å². The summed E-state index contributed by atoms with van der Waals surface area (Å²) in [6.07, 6.45) is 2.75. The number of nitrogens with zero attached hydrogens (tertiary/aromatic N) is 3. The highest BCUT2D eigenvalue weighted by Crippen LogP contribution is 2.23. The molecule has 74 valence electrons. The van der Waals surface area contributed by atoms with Crippen molar-refractivity contribution in [3.05, 3.63) is 17.8 Å². The SMILES string of the molecule is CCc1c(N)n[nH]c1-c1ccn(C)n1. The average molecular weight is 191 g/mol. The van der Waals surface area contributed by atoms with Gasteiger partial charge >= 0.3 is 0 Å². The monoisotopic (exact) mass is 191 g/mol. The van der Waals surface area contributed by atoms with Gasteiger partial charge in [-0.15, -0.1) is 0 Å². The van der Waals surface area contributed by atoms with Crippen molar-refractivity contribution in [2.75, 3.05) is 5.73 Å². The zero-order chi connectivity index (χ0) is 10.1. The highest BCUT2D eigenvalue weighted by Gasteiger charge is 2.12. The minimum Gasteiger partial charge on any atom is -0.382 e. The number of hydrogen-bond donors (Lipinski definition) is 2. The van der Waals surface area contributed by atoms with Gasteiger partial charge in [-0.2, -0.15) is 10.2 Å². The molecule has 0 aromatic carbocycles. The third kappa shape index (κ3) is 1.26. The summed E-state index contributed by atoms with van der Waals surface area (Å²) in [4.78, 5) is 0. The molecule has 2 heterocycles. The smallest absolute Gasteiger partial charge is 0.149 e. The minimum absolute atomic E-state index is 0.563. The number of nitrogens with one attached hydrogen (secondary N) is 1. The largest absolute Gasteiger partial charge is 0.382 e. The van der Waals surface area contributed by atoms with Crippen LogP contribution in [0.1, 0.15) is 12.5 Å². The Morgan fingerprint density at radius 2 is 2.36 bits per heavy atom. The Balaban J connectivity index is 2.51. The molecule has 2 aromatic heterocycles. The van der Waals surface area contributed by atoms with E-state index in [0.29, 0.717) is 5.82 Å². The molecule has 0 aliphatic rings. The number of nitrogens with two attached hydrogens (primary N) is 1. The lowest BCUT2D eigenvalue weighted by molar-refractivity contribution is 0.769. The number of rotatable bonds is 2. The lowest BCUT2D eigenvalue weighted by Crippen LogP contribution is -1.92. The van der Waals surface area contributed by atoms with Gasteiger partial charge in [0.25, 0.3) is 0 Å². The molecule has 0 saturated carbocycles. The highest BCUT2D eigenvalue weighted by molar-refractivity contribution is 5.64. The third-order valence-electron chi connectivity index (χ3n) is 2.22. The number of nitrogen functional groups attached to an aromatic ring is 1. The van der Waals surface area contributed by atoms with Gasteiger partial charge in [0, 0.05) is 18.8 Å². The Morgan fingerprint density at radius 3 is 2.93 bits per heavy atom. The van der Waals surface area contributed by atoms with Crippen molar-refractivity contribution < 1.29 is 0 Å². The molecule has 0 saturated heterocycles. The van der Waals surface area contributed by atoms with E-state index in [2.05, 4.69) is 15.3 Å². The van der Waals surface area contributed by atoms with Crippen molar-refractivity contribution in [2.45, 2.75) is 13.3 Å². The second-order valence-corrected chi connectivity index (χ2v) is 3.19. The number of H-pyrrole nitrogens is 1. The van der Waals surface area contributed by atoms with E-state index < -0.39 is 0 Å².